The van der Waals surface area contributed by atoms with Crippen LogP contribution in [0.1, 0.15) is 11.1 Å². The Kier molecular flexibility index (Phi) is 5.16. The van der Waals surface area contributed by atoms with Crippen molar-refractivity contribution in [1.29, 1.82) is 0 Å². The number of ether oxygens (including phenoxy) is 1. The van der Waals surface area contributed by atoms with Crippen LogP contribution in [0.5, 0.6) is 5.75 Å². The summed E-state index contributed by atoms with van der Waals surface area (Å²) in [6, 6.07) is 16.5. The smallest absolute Gasteiger partial charge is 0.175 e. The second-order valence-electron chi connectivity index (χ2n) is 6.47. The maximum absolute atomic E-state index is 6.06. The molecule has 0 amide bonds. The largest absolute Gasteiger partial charge is 0.496 e. The summed E-state index contributed by atoms with van der Waals surface area (Å²) in [4.78, 5) is 14.3. The van der Waals surface area contributed by atoms with Crippen molar-refractivity contribution in [3.63, 3.8) is 0 Å². The van der Waals surface area contributed by atoms with Crippen molar-refractivity contribution in [2.24, 2.45) is 0 Å². The molecule has 7 heteroatoms. The fourth-order valence-corrected chi connectivity index (χ4v) is 4.18. The van der Waals surface area contributed by atoms with E-state index in [-0.39, 0.29) is 0 Å². The van der Waals surface area contributed by atoms with E-state index >= 15 is 0 Å². The fourth-order valence-electron chi connectivity index (χ4n) is 3.06. The molecule has 28 heavy (non-hydrogen) atoms. The number of nitrogens with two attached hydrogens (primary N) is 1. The summed E-state index contributed by atoms with van der Waals surface area (Å²) in [6.07, 6.45) is 2.36. The molecule has 2 aromatic heterocycles. The number of imidazole rings is 1. The normalized spacial score (nSPS) is 11.1. The van der Waals surface area contributed by atoms with Gasteiger partial charge < -0.3 is 15.0 Å². The fraction of sp³-hybridized carbons (Fsp3) is 0.190. The van der Waals surface area contributed by atoms with Crippen LogP contribution < -0.4 is 10.5 Å². The molecule has 0 atom stereocenters. The van der Waals surface area contributed by atoms with Gasteiger partial charge in [0.15, 0.2) is 22.1 Å². The quantitative estimate of drug-likeness (QED) is 0.533. The van der Waals surface area contributed by atoms with E-state index in [1.807, 2.05) is 18.2 Å². The Hall–Kier alpha value is -3.06. The molecular weight excluding hydrogens is 370 g/mol. The maximum atomic E-state index is 6.06. The van der Waals surface area contributed by atoms with Crippen LogP contribution in [-0.4, -0.2) is 26.6 Å². The zero-order valence-corrected chi connectivity index (χ0v) is 16.6. The summed E-state index contributed by atoms with van der Waals surface area (Å²) in [5.74, 6) is 1.21. The van der Waals surface area contributed by atoms with Gasteiger partial charge in [0.05, 0.1) is 12.0 Å². The molecule has 0 radical (unpaired) electrons. The molecule has 0 saturated heterocycles. The first-order valence-corrected chi connectivity index (χ1v) is 9.80. The predicted molar refractivity (Wildman–Crippen MR) is 112 cm³/mol. The third kappa shape index (κ3) is 3.66. The molecule has 6 nitrogen and oxygen atoms in total. The molecule has 142 valence electrons. The molecule has 0 aliphatic rings. The number of rotatable bonds is 6. The van der Waals surface area contributed by atoms with Crippen LogP contribution in [0.4, 0.5) is 5.82 Å². The number of aryl methyl sites for hydroxylation is 3. The average Bonchev–Trinajstić information content (AvgIpc) is 3.06. The second kappa shape index (κ2) is 7.90. The Labute approximate surface area is 167 Å². The molecule has 4 aromatic rings. The van der Waals surface area contributed by atoms with Crippen molar-refractivity contribution in [3.8, 4) is 5.75 Å². The minimum absolute atomic E-state index is 0.390. The van der Waals surface area contributed by atoms with Crippen LogP contribution >= 0.6 is 11.8 Å². The van der Waals surface area contributed by atoms with Crippen LogP contribution in [0.2, 0.25) is 0 Å². The Morgan fingerprint density at radius 1 is 1.11 bits per heavy atom. The van der Waals surface area contributed by atoms with Crippen LogP contribution in [0.3, 0.4) is 0 Å². The monoisotopic (exact) mass is 391 g/mol. The number of aromatic nitrogens is 4. The van der Waals surface area contributed by atoms with E-state index in [1.165, 1.54) is 11.9 Å². The van der Waals surface area contributed by atoms with E-state index in [1.54, 1.807) is 18.9 Å². The van der Waals surface area contributed by atoms with E-state index in [2.05, 4.69) is 51.8 Å². The summed E-state index contributed by atoms with van der Waals surface area (Å²) in [5.41, 5.74) is 9.86. The molecule has 0 bridgehead atoms. The highest BCUT2D eigenvalue weighted by Crippen LogP contribution is 2.36. The van der Waals surface area contributed by atoms with E-state index in [0.717, 1.165) is 40.0 Å². The number of benzene rings is 2. The first kappa shape index (κ1) is 18.3. The molecule has 0 aliphatic carbocycles. The van der Waals surface area contributed by atoms with Gasteiger partial charge in [0.2, 0.25) is 0 Å². The maximum Gasteiger partial charge on any atom is 0.175 e. The SMILES string of the molecule is COc1ccc(C)cc1Sc1nc2c(N)ncnc2n1CCc1ccccc1. The molecule has 0 spiro atoms. The van der Waals surface area contributed by atoms with Gasteiger partial charge in [-0.3, -0.25) is 0 Å². The molecule has 2 heterocycles. The third-order valence-electron chi connectivity index (χ3n) is 4.51. The van der Waals surface area contributed by atoms with Gasteiger partial charge in [0.1, 0.15) is 12.1 Å². The molecule has 0 fully saturated rings. The first-order valence-electron chi connectivity index (χ1n) is 8.99. The van der Waals surface area contributed by atoms with Gasteiger partial charge in [0, 0.05) is 6.54 Å². The molecular formula is C21H21N5OS. The molecule has 0 saturated carbocycles. The summed E-state index contributed by atoms with van der Waals surface area (Å²) >= 11 is 1.55. The highest BCUT2D eigenvalue weighted by molar-refractivity contribution is 7.99. The number of fused-ring (bicyclic) bond motifs is 1. The minimum atomic E-state index is 0.390. The number of hydrogen-bond acceptors (Lipinski definition) is 6. The number of hydrogen-bond donors (Lipinski definition) is 1. The summed E-state index contributed by atoms with van der Waals surface area (Å²) < 4.78 is 7.63. The zero-order chi connectivity index (χ0) is 19.5. The van der Waals surface area contributed by atoms with Gasteiger partial charge in [-0.1, -0.05) is 36.4 Å². The lowest BCUT2D eigenvalue weighted by Crippen LogP contribution is -2.04. The van der Waals surface area contributed by atoms with Crippen molar-refractivity contribution in [2.45, 2.75) is 29.9 Å². The lowest BCUT2D eigenvalue weighted by atomic mass is 10.1. The topological polar surface area (TPSA) is 78.8 Å². The third-order valence-corrected chi connectivity index (χ3v) is 5.55. The number of nitrogens with zero attached hydrogens (tertiary/aromatic N) is 4. The summed E-state index contributed by atoms with van der Waals surface area (Å²) in [7, 11) is 1.68. The van der Waals surface area contributed by atoms with Crippen LogP contribution in [0, 0.1) is 6.92 Å². The van der Waals surface area contributed by atoms with E-state index in [4.69, 9.17) is 15.5 Å². The Bertz CT molecular complexity index is 1110. The van der Waals surface area contributed by atoms with Crippen LogP contribution in [0.15, 0.2) is 64.9 Å². The van der Waals surface area contributed by atoms with Gasteiger partial charge >= 0.3 is 0 Å². The number of anilines is 1. The zero-order valence-electron chi connectivity index (χ0n) is 15.8. The lowest BCUT2D eigenvalue weighted by molar-refractivity contribution is 0.404. The van der Waals surface area contributed by atoms with E-state index in [9.17, 15) is 0 Å². The molecule has 2 aromatic carbocycles. The highest BCUT2D eigenvalue weighted by Gasteiger charge is 2.17. The molecule has 0 aliphatic heterocycles. The highest BCUT2D eigenvalue weighted by atomic mass is 32.2. The number of methoxy groups -OCH3 is 1. The van der Waals surface area contributed by atoms with Gasteiger partial charge in [-0.15, -0.1) is 0 Å². The van der Waals surface area contributed by atoms with Gasteiger partial charge in [-0.25, -0.2) is 15.0 Å². The van der Waals surface area contributed by atoms with E-state index < -0.39 is 0 Å². The van der Waals surface area contributed by atoms with Crippen molar-refractivity contribution >= 4 is 28.7 Å². The standard InChI is InChI=1S/C21H21N5OS/c1-14-8-9-16(27-2)17(12-14)28-21-25-18-19(22)23-13-24-20(18)26(21)11-10-15-6-4-3-5-7-15/h3-9,12-13H,10-11H2,1-2H3,(H2,22,23,24). The molecule has 4 rings (SSSR count). The minimum Gasteiger partial charge on any atom is -0.496 e. The Morgan fingerprint density at radius 2 is 1.93 bits per heavy atom. The lowest BCUT2D eigenvalue weighted by Gasteiger charge is -2.11. The number of nitrogen functional groups attached to an aromatic ring is 1. The molecule has 2 N–H and O–H groups in total. The predicted octanol–water partition coefficient (Wildman–Crippen LogP) is 4.12. The Balaban J connectivity index is 1.75. The van der Waals surface area contributed by atoms with Crippen molar-refractivity contribution in [3.05, 3.63) is 66.0 Å². The van der Waals surface area contributed by atoms with Gasteiger partial charge in [0.25, 0.3) is 0 Å². The summed E-state index contributed by atoms with van der Waals surface area (Å²) in [6.45, 7) is 2.80. The second-order valence-corrected chi connectivity index (χ2v) is 7.48. The first-order chi connectivity index (χ1) is 13.7. The summed E-state index contributed by atoms with van der Waals surface area (Å²) in [5, 5.41) is 0.821. The van der Waals surface area contributed by atoms with Crippen LogP contribution in [0.25, 0.3) is 11.2 Å². The van der Waals surface area contributed by atoms with Crippen molar-refractivity contribution in [1.82, 2.24) is 19.5 Å². The van der Waals surface area contributed by atoms with Crippen molar-refractivity contribution in [2.75, 3.05) is 12.8 Å². The van der Waals surface area contributed by atoms with Gasteiger partial charge in [-0.05, 0) is 48.4 Å². The average molecular weight is 392 g/mol. The van der Waals surface area contributed by atoms with Gasteiger partial charge in [-0.2, -0.15) is 0 Å². The molecule has 0 unspecified atom stereocenters. The van der Waals surface area contributed by atoms with Crippen molar-refractivity contribution < 1.29 is 4.74 Å². The Morgan fingerprint density at radius 3 is 2.71 bits per heavy atom. The van der Waals surface area contributed by atoms with E-state index in [0.29, 0.717) is 11.3 Å². The van der Waals surface area contributed by atoms with Crippen LogP contribution in [-0.2, 0) is 13.0 Å².